The van der Waals surface area contributed by atoms with Gasteiger partial charge in [-0.05, 0) is 51.0 Å². The number of carbonyl (C=O) groups excluding carboxylic acids is 2. The Morgan fingerprint density at radius 2 is 1.78 bits per heavy atom. The van der Waals surface area contributed by atoms with Crippen molar-refractivity contribution in [1.82, 2.24) is 5.32 Å². The molecule has 1 aliphatic heterocycles. The minimum atomic E-state index is -0.236. The standard InChI is InChI=1S/C17H25N3O3/c1-12(2)18-17(22)19-14-4-6-15(7-5-14)20(13(3)21)16-8-10-23-11-9-16/h4-7,12,16H,8-11H2,1-3H3,(H2,18,19,22). The molecule has 126 valence electrons. The van der Waals surface area contributed by atoms with Gasteiger partial charge in [0, 0.05) is 43.6 Å². The van der Waals surface area contributed by atoms with Crippen LogP contribution in [0.3, 0.4) is 0 Å². The first-order chi connectivity index (χ1) is 11.0. The highest BCUT2D eigenvalue weighted by Crippen LogP contribution is 2.24. The number of nitrogens with one attached hydrogen (secondary N) is 2. The molecule has 1 aromatic carbocycles. The van der Waals surface area contributed by atoms with Crippen LogP contribution in [0, 0.1) is 0 Å². The van der Waals surface area contributed by atoms with Gasteiger partial charge < -0.3 is 20.3 Å². The van der Waals surface area contributed by atoms with Crippen LogP contribution in [0.4, 0.5) is 16.2 Å². The van der Waals surface area contributed by atoms with Crippen LogP contribution in [0.15, 0.2) is 24.3 Å². The van der Waals surface area contributed by atoms with Crippen molar-refractivity contribution in [2.75, 3.05) is 23.4 Å². The Morgan fingerprint density at radius 3 is 2.30 bits per heavy atom. The summed E-state index contributed by atoms with van der Waals surface area (Å²) >= 11 is 0. The largest absolute Gasteiger partial charge is 0.381 e. The Balaban J connectivity index is 2.06. The highest BCUT2D eigenvalue weighted by atomic mass is 16.5. The van der Waals surface area contributed by atoms with Crippen molar-refractivity contribution in [2.24, 2.45) is 0 Å². The lowest BCUT2D eigenvalue weighted by molar-refractivity contribution is -0.117. The van der Waals surface area contributed by atoms with Crippen molar-refractivity contribution in [1.29, 1.82) is 0 Å². The fraction of sp³-hybridized carbons (Fsp3) is 0.529. The zero-order valence-electron chi connectivity index (χ0n) is 14.0. The zero-order chi connectivity index (χ0) is 16.8. The molecule has 1 saturated heterocycles. The number of hydrogen-bond donors (Lipinski definition) is 2. The van der Waals surface area contributed by atoms with E-state index in [0.29, 0.717) is 18.9 Å². The Morgan fingerprint density at radius 1 is 1.17 bits per heavy atom. The fourth-order valence-corrected chi connectivity index (χ4v) is 2.73. The number of hydrogen-bond acceptors (Lipinski definition) is 3. The topological polar surface area (TPSA) is 70.7 Å². The van der Waals surface area contributed by atoms with Crippen molar-refractivity contribution in [3.63, 3.8) is 0 Å². The van der Waals surface area contributed by atoms with E-state index < -0.39 is 0 Å². The minimum Gasteiger partial charge on any atom is -0.381 e. The summed E-state index contributed by atoms with van der Waals surface area (Å²) in [6.07, 6.45) is 1.69. The molecule has 0 spiro atoms. The maximum atomic E-state index is 12.0. The van der Waals surface area contributed by atoms with Crippen molar-refractivity contribution >= 4 is 23.3 Å². The molecule has 0 atom stereocenters. The van der Waals surface area contributed by atoms with Crippen LogP contribution in [0.2, 0.25) is 0 Å². The molecule has 3 amide bonds. The molecule has 0 bridgehead atoms. The summed E-state index contributed by atoms with van der Waals surface area (Å²) in [7, 11) is 0. The molecule has 6 nitrogen and oxygen atoms in total. The van der Waals surface area contributed by atoms with E-state index >= 15 is 0 Å². The molecule has 6 heteroatoms. The van der Waals surface area contributed by atoms with E-state index in [4.69, 9.17) is 4.74 Å². The van der Waals surface area contributed by atoms with Crippen molar-refractivity contribution in [3.8, 4) is 0 Å². The molecular weight excluding hydrogens is 294 g/mol. The predicted octanol–water partition coefficient (Wildman–Crippen LogP) is 2.75. The Labute approximate surface area is 137 Å². The van der Waals surface area contributed by atoms with Gasteiger partial charge in [0.25, 0.3) is 0 Å². The maximum Gasteiger partial charge on any atom is 0.319 e. The summed E-state index contributed by atoms with van der Waals surface area (Å²) in [5, 5.41) is 5.54. The van der Waals surface area contributed by atoms with Crippen molar-refractivity contribution < 1.29 is 14.3 Å². The molecule has 1 fully saturated rings. The van der Waals surface area contributed by atoms with Crippen LogP contribution in [-0.4, -0.2) is 37.2 Å². The predicted molar refractivity (Wildman–Crippen MR) is 90.7 cm³/mol. The van der Waals surface area contributed by atoms with Gasteiger partial charge in [0.15, 0.2) is 0 Å². The van der Waals surface area contributed by atoms with Crippen LogP contribution in [0.25, 0.3) is 0 Å². The Bertz CT molecular complexity index is 537. The molecule has 0 aliphatic carbocycles. The lowest BCUT2D eigenvalue weighted by Crippen LogP contribution is -2.42. The van der Waals surface area contributed by atoms with Crippen LogP contribution < -0.4 is 15.5 Å². The molecule has 2 rings (SSSR count). The van der Waals surface area contributed by atoms with Gasteiger partial charge >= 0.3 is 6.03 Å². The van der Waals surface area contributed by atoms with Crippen molar-refractivity contribution in [3.05, 3.63) is 24.3 Å². The second-order valence-corrected chi connectivity index (χ2v) is 6.03. The van der Waals surface area contributed by atoms with Gasteiger partial charge in [-0.2, -0.15) is 0 Å². The van der Waals surface area contributed by atoms with E-state index in [1.165, 1.54) is 0 Å². The number of anilines is 2. The monoisotopic (exact) mass is 319 g/mol. The molecule has 1 aromatic rings. The number of benzene rings is 1. The van der Waals surface area contributed by atoms with Crippen LogP contribution in [0.5, 0.6) is 0 Å². The summed E-state index contributed by atoms with van der Waals surface area (Å²) in [6.45, 7) is 6.76. The lowest BCUT2D eigenvalue weighted by atomic mass is 10.1. The maximum absolute atomic E-state index is 12.0. The Hall–Kier alpha value is -2.08. The smallest absolute Gasteiger partial charge is 0.319 e. The van der Waals surface area contributed by atoms with Gasteiger partial charge in [-0.15, -0.1) is 0 Å². The second-order valence-electron chi connectivity index (χ2n) is 6.03. The molecule has 2 N–H and O–H groups in total. The van der Waals surface area contributed by atoms with Crippen LogP contribution >= 0.6 is 0 Å². The molecule has 0 aromatic heterocycles. The van der Waals surface area contributed by atoms with Gasteiger partial charge in [-0.25, -0.2) is 4.79 Å². The molecule has 0 radical (unpaired) electrons. The average molecular weight is 319 g/mol. The number of amides is 3. The van der Waals surface area contributed by atoms with E-state index in [1.54, 1.807) is 6.92 Å². The summed E-state index contributed by atoms with van der Waals surface area (Å²) in [5.41, 5.74) is 1.54. The third-order valence-electron chi connectivity index (χ3n) is 3.72. The molecular formula is C17H25N3O3. The average Bonchev–Trinajstić information content (AvgIpc) is 2.49. The second kappa shape index (κ2) is 7.97. The number of urea groups is 1. The van der Waals surface area contributed by atoms with Crippen LogP contribution in [-0.2, 0) is 9.53 Å². The first-order valence-electron chi connectivity index (χ1n) is 8.02. The number of nitrogens with zero attached hydrogens (tertiary/aromatic N) is 1. The summed E-state index contributed by atoms with van der Waals surface area (Å²) < 4.78 is 5.37. The van der Waals surface area contributed by atoms with E-state index in [0.717, 1.165) is 18.5 Å². The summed E-state index contributed by atoms with van der Waals surface area (Å²) in [6, 6.07) is 7.36. The first-order valence-corrected chi connectivity index (χ1v) is 8.02. The number of ether oxygens (including phenoxy) is 1. The van der Waals surface area contributed by atoms with E-state index in [9.17, 15) is 9.59 Å². The van der Waals surface area contributed by atoms with Gasteiger partial charge in [0.05, 0.1) is 0 Å². The minimum absolute atomic E-state index is 0.0233. The molecule has 23 heavy (non-hydrogen) atoms. The van der Waals surface area contributed by atoms with Gasteiger partial charge in [0.2, 0.25) is 5.91 Å². The van der Waals surface area contributed by atoms with Gasteiger partial charge in [0.1, 0.15) is 0 Å². The highest BCUT2D eigenvalue weighted by Gasteiger charge is 2.24. The van der Waals surface area contributed by atoms with Gasteiger partial charge in [-0.1, -0.05) is 0 Å². The molecule has 0 unspecified atom stereocenters. The quantitative estimate of drug-likeness (QED) is 0.896. The van der Waals surface area contributed by atoms with E-state index in [2.05, 4.69) is 10.6 Å². The summed E-state index contributed by atoms with van der Waals surface area (Å²) in [5.74, 6) is 0.0233. The number of rotatable bonds is 4. The Kier molecular flexibility index (Phi) is 5.98. The normalized spacial score (nSPS) is 15.3. The van der Waals surface area contributed by atoms with Crippen LogP contribution in [0.1, 0.15) is 33.6 Å². The number of carbonyl (C=O) groups is 2. The lowest BCUT2D eigenvalue weighted by Gasteiger charge is -2.33. The van der Waals surface area contributed by atoms with Gasteiger partial charge in [-0.3, -0.25) is 4.79 Å². The molecule has 1 aliphatic rings. The van der Waals surface area contributed by atoms with Crippen molar-refractivity contribution in [2.45, 2.75) is 45.7 Å². The fourth-order valence-electron chi connectivity index (χ4n) is 2.73. The zero-order valence-corrected chi connectivity index (χ0v) is 14.0. The first kappa shape index (κ1) is 17.3. The third kappa shape index (κ3) is 4.96. The van der Waals surface area contributed by atoms with E-state index in [1.807, 2.05) is 43.0 Å². The van der Waals surface area contributed by atoms with E-state index in [-0.39, 0.29) is 24.0 Å². The SMILES string of the molecule is CC(=O)N(c1ccc(NC(=O)NC(C)C)cc1)C1CCOCC1. The third-order valence-corrected chi connectivity index (χ3v) is 3.72. The molecule has 0 saturated carbocycles. The summed E-state index contributed by atoms with van der Waals surface area (Å²) in [4.78, 5) is 25.5. The molecule has 1 heterocycles. The highest BCUT2D eigenvalue weighted by molar-refractivity contribution is 5.93.